The fraction of sp³-hybridized carbons (Fsp3) is 0.444. The maximum atomic E-state index is 12.5. The first-order chi connectivity index (χ1) is 11.8. The van der Waals surface area contributed by atoms with E-state index in [9.17, 15) is 19.2 Å². The molecule has 1 aromatic carbocycles. The molecule has 0 N–H and O–H groups in total. The molecule has 2 rings (SSSR count). The second kappa shape index (κ2) is 7.92. The van der Waals surface area contributed by atoms with Crippen LogP contribution in [0.1, 0.15) is 31.1 Å². The number of piperazine rings is 1. The summed E-state index contributed by atoms with van der Waals surface area (Å²) >= 11 is 0. The van der Waals surface area contributed by atoms with Gasteiger partial charge in [-0.3, -0.25) is 19.2 Å². The second-order valence-corrected chi connectivity index (χ2v) is 6.10. The predicted octanol–water partition coefficient (Wildman–Crippen LogP) is 0.933. The Hall–Kier alpha value is -2.70. The molecule has 1 fully saturated rings. The number of rotatable bonds is 4. The Kier molecular flexibility index (Phi) is 5.90. The standard InChI is InChI=1S/C18H23N3O4/c1-13(22)16-5-4-6-17(11-16)21(15(3)24)12-18(25)20-9-7-19(8-10-20)14(2)23/h4-6,11H,7-10,12H2,1-3H3. The molecular weight excluding hydrogens is 322 g/mol. The maximum absolute atomic E-state index is 12.5. The molecule has 1 aliphatic heterocycles. The molecular formula is C18H23N3O4. The molecule has 0 bridgehead atoms. The monoisotopic (exact) mass is 345 g/mol. The molecule has 25 heavy (non-hydrogen) atoms. The first-order valence-electron chi connectivity index (χ1n) is 8.22. The third-order valence-corrected chi connectivity index (χ3v) is 4.32. The smallest absolute Gasteiger partial charge is 0.242 e. The molecule has 1 aromatic rings. The maximum Gasteiger partial charge on any atom is 0.242 e. The second-order valence-electron chi connectivity index (χ2n) is 6.10. The Labute approximate surface area is 147 Å². The summed E-state index contributed by atoms with van der Waals surface area (Å²) in [5.41, 5.74) is 1.02. The number of anilines is 1. The van der Waals surface area contributed by atoms with Gasteiger partial charge in [0.2, 0.25) is 17.7 Å². The van der Waals surface area contributed by atoms with E-state index in [-0.39, 0.29) is 30.0 Å². The fourth-order valence-electron chi connectivity index (χ4n) is 2.78. The van der Waals surface area contributed by atoms with Gasteiger partial charge in [-0.2, -0.15) is 0 Å². The Morgan fingerprint density at radius 3 is 2.08 bits per heavy atom. The van der Waals surface area contributed by atoms with Crippen molar-refractivity contribution in [3.63, 3.8) is 0 Å². The number of amides is 3. The van der Waals surface area contributed by atoms with Crippen LogP contribution < -0.4 is 4.90 Å². The van der Waals surface area contributed by atoms with E-state index in [0.29, 0.717) is 37.4 Å². The lowest BCUT2D eigenvalue weighted by molar-refractivity contribution is -0.137. The average Bonchev–Trinajstić information content (AvgIpc) is 2.59. The zero-order chi connectivity index (χ0) is 18.6. The van der Waals surface area contributed by atoms with Crippen LogP contribution >= 0.6 is 0 Å². The van der Waals surface area contributed by atoms with Gasteiger partial charge in [0.1, 0.15) is 6.54 Å². The van der Waals surface area contributed by atoms with E-state index >= 15 is 0 Å². The minimum atomic E-state index is -0.267. The normalized spacial score (nSPS) is 14.2. The van der Waals surface area contributed by atoms with Gasteiger partial charge in [-0.05, 0) is 19.1 Å². The molecule has 0 atom stereocenters. The van der Waals surface area contributed by atoms with Gasteiger partial charge in [0.05, 0.1) is 0 Å². The van der Waals surface area contributed by atoms with Gasteiger partial charge in [-0.25, -0.2) is 0 Å². The van der Waals surface area contributed by atoms with Gasteiger partial charge < -0.3 is 14.7 Å². The predicted molar refractivity (Wildman–Crippen MR) is 93.3 cm³/mol. The molecule has 3 amide bonds. The summed E-state index contributed by atoms with van der Waals surface area (Å²) in [5.74, 6) is -0.543. The van der Waals surface area contributed by atoms with Crippen LogP contribution in [0.2, 0.25) is 0 Å². The summed E-state index contributed by atoms with van der Waals surface area (Å²) in [6, 6.07) is 6.69. The first-order valence-corrected chi connectivity index (χ1v) is 8.22. The highest BCUT2D eigenvalue weighted by Crippen LogP contribution is 2.17. The summed E-state index contributed by atoms with van der Waals surface area (Å²) in [4.78, 5) is 52.2. The SMILES string of the molecule is CC(=O)c1cccc(N(CC(=O)N2CCN(C(C)=O)CC2)C(C)=O)c1. The van der Waals surface area contributed by atoms with Crippen molar-refractivity contribution in [2.75, 3.05) is 37.6 Å². The van der Waals surface area contributed by atoms with Crippen LogP contribution in [0.15, 0.2) is 24.3 Å². The highest BCUT2D eigenvalue weighted by Gasteiger charge is 2.25. The molecule has 0 radical (unpaired) electrons. The van der Waals surface area contributed by atoms with Crippen molar-refractivity contribution < 1.29 is 19.2 Å². The van der Waals surface area contributed by atoms with Crippen LogP contribution in [-0.2, 0) is 14.4 Å². The summed E-state index contributed by atoms with van der Waals surface area (Å²) in [5, 5.41) is 0. The number of carbonyl (C=O) groups is 4. The number of Topliss-reactive ketones (excluding diaryl/α,β-unsaturated/α-hetero) is 1. The minimum Gasteiger partial charge on any atom is -0.339 e. The van der Waals surface area contributed by atoms with Crippen molar-refractivity contribution in [3.8, 4) is 0 Å². The van der Waals surface area contributed by atoms with Crippen LogP contribution in [0.4, 0.5) is 5.69 Å². The lowest BCUT2D eigenvalue weighted by atomic mass is 10.1. The van der Waals surface area contributed by atoms with E-state index in [0.717, 1.165) is 0 Å². The molecule has 0 unspecified atom stereocenters. The van der Waals surface area contributed by atoms with Gasteiger partial charge in [0.15, 0.2) is 5.78 Å². The van der Waals surface area contributed by atoms with Crippen LogP contribution in [0.5, 0.6) is 0 Å². The van der Waals surface area contributed by atoms with E-state index in [2.05, 4.69) is 0 Å². The van der Waals surface area contributed by atoms with Crippen LogP contribution in [0, 0.1) is 0 Å². The Morgan fingerprint density at radius 2 is 1.56 bits per heavy atom. The van der Waals surface area contributed by atoms with E-state index in [1.54, 1.807) is 34.1 Å². The van der Waals surface area contributed by atoms with E-state index in [1.807, 2.05) is 0 Å². The quantitative estimate of drug-likeness (QED) is 0.761. The van der Waals surface area contributed by atoms with Crippen LogP contribution in [0.3, 0.4) is 0 Å². The summed E-state index contributed by atoms with van der Waals surface area (Å²) in [7, 11) is 0. The Balaban J connectivity index is 2.08. The largest absolute Gasteiger partial charge is 0.339 e. The van der Waals surface area contributed by atoms with E-state index in [1.165, 1.54) is 25.7 Å². The van der Waals surface area contributed by atoms with Crippen molar-refractivity contribution in [3.05, 3.63) is 29.8 Å². The minimum absolute atomic E-state index is 0.00138. The third kappa shape index (κ3) is 4.65. The number of hydrogen-bond donors (Lipinski definition) is 0. The van der Waals surface area contributed by atoms with Gasteiger partial charge in [0, 0.05) is 51.3 Å². The van der Waals surface area contributed by atoms with E-state index in [4.69, 9.17) is 0 Å². The zero-order valence-corrected chi connectivity index (χ0v) is 14.8. The number of ketones is 1. The molecule has 1 heterocycles. The number of benzene rings is 1. The van der Waals surface area contributed by atoms with Crippen LogP contribution in [-0.4, -0.2) is 66.0 Å². The zero-order valence-electron chi connectivity index (χ0n) is 14.8. The number of nitrogens with zero attached hydrogens (tertiary/aromatic N) is 3. The van der Waals surface area contributed by atoms with Crippen molar-refractivity contribution in [2.24, 2.45) is 0 Å². The van der Waals surface area contributed by atoms with Gasteiger partial charge in [0.25, 0.3) is 0 Å². The molecule has 0 aliphatic carbocycles. The van der Waals surface area contributed by atoms with E-state index < -0.39 is 0 Å². The average molecular weight is 345 g/mol. The van der Waals surface area contributed by atoms with Gasteiger partial charge >= 0.3 is 0 Å². The Morgan fingerprint density at radius 1 is 0.960 bits per heavy atom. The fourth-order valence-corrected chi connectivity index (χ4v) is 2.78. The number of carbonyl (C=O) groups excluding carboxylic acids is 4. The lowest BCUT2D eigenvalue weighted by Gasteiger charge is -2.35. The molecule has 7 heteroatoms. The molecule has 0 aromatic heterocycles. The molecule has 0 saturated carbocycles. The summed E-state index contributed by atoms with van der Waals surface area (Å²) in [6.07, 6.45) is 0. The van der Waals surface area contributed by atoms with Gasteiger partial charge in [-0.1, -0.05) is 12.1 Å². The van der Waals surface area contributed by atoms with Crippen molar-refractivity contribution >= 4 is 29.2 Å². The first kappa shape index (κ1) is 18.6. The van der Waals surface area contributed by atoms with Gasteiger partial charge in [-0.15, -0.1) is 0 Å². The van der Waals surface area contributed by atoms with Crippen molar-refractivity contribution in [1.82, 2.24) is 9.80 Å². The highest BCUT2D eigenvalue weighted by molar-refractivity contribution is 6.00. The summed E-state index contributed by atoms with van der Waals surface area (Å²) < 4.78 is 0. The molecule has 7 nitrogen and oxygen atoms in total. The summed E-state index contributed by atoms with van der Waals surface area (Å²) in [6.45, 7) is 6.18. The molecule has 0 spiro atoms. The van der Waals surface area contributed by atoms with Crippen molar-refractivity contribution in [1.29, 1.82) is 0 Å². The third-order valence-electron chi connectivity index (χ3n) is 4.32. The molecule has 1 saturated heterocycles. The topological polar surface area (TPSA) is 78.0 Å². The number of hydrogen-bond acceptors (Lipinski definition) is 4. The molecule has 1 aliphatic rings. The van der Waals surface area contributed by atoms with Crippen molar-refractivity contribution in [2.45, 2.75) is 20.8 Å². The van der Waals surface area contributed by atoms with Crippen LogP contribution in [0.25, 0.3) is 0 Å². The highest BCUT2D eigenvalue weighted by atomic mass is 16.2. The molecule has 134 valence electrons. The Bertz CT molecular complexity index is 693. The lowest BCUT2D eigenvalue weighted by Crippen LogP contribution is -2.52.